The minimum atomic E-state index is -0.502. The maximum Gasteiger partial charge on any atom is 0.238 e. The Bertz CT molecular complexity index is 1200. The molecule has 0 unspecified atom stereocenters. The molecule has 140 valence electrons. The Hall–Kier alpha value is -3.68. The highest BCUT2D eigenvalue weighted by atomic mass is 35.5. The first-order valence-electron chi connectivity index (χ1n) is 8.85. The summed E-state index contributed by atoms with van der Waals surface area (Å²) in [6, 6.07) is 25.5. The van der Waals surface area contributed by atoms with Crippen molar-refractivity contribution >= 4 is 23.7 Å². The van der Waals surface area contributed by atoms with Gasteiger partial charge in [0, 0.05) is 22.9 Å². The largest absolute Gasteiger partial charge is 0.436 e. The predicted octanol–water partition coefficient (Wildman–Crippen LogP) is 7.03. The molecule has 0 N–H and O–H groups in total. The van der Waals surface area contributed by atoms with Gasteiger partial charge in [-0.15, -0.1) is 0 Å². The van der Waals surface area contributed by atoms with E-state index in [0.29, 0.717) is 11.3 Å². The third-order valence-corrected chi connectivity index (χ3v) is 4.74. The van der Waals surface area contributed by atoms with Crippen LogP contribution in [0.4, 0.5) is 10.3 Å². The number of nitrogens with zero attached hydrogens (tertiary/aromatic N) is 2. The Morgan fingerprint density at radius 2 is 1.55 bits per heavy atom. The normalized spacial score (nSPS) is 10.9. The molecule has 0 atom stereocenters. The summed E-state index contributed by atoms with van der Waals surface area (Å²) in [5, 5.41) is 10.1. The van der Waals surface area contributed by atoms with E-state index in [1.54, 1.807) is 6.07 Å². The van der Waals surface area contributed by atoms with Crippen LogP contribution in [0.25, 0.3) is 22.5 Å². The average Bonchev–Trinajstić information content (AvgIpc) is 3.13. The molecular weight excluding hydrogens is 387 g/mol. The van der Waals surface area contributed by atoms with Crippen molar-refractivity contribution in [3.05, 3.63) is 101 Å². The Morgan fingerprint density at radius 3 is 2.17 bits per heavy atom. The first-order chi connectivity index (χ1) is 14.2. The van der Waals surface area contributed by atoms with E-state index in [4.69, 9.17) is 16.0 Å². The lowest BCUT2D eigenvalue weighted by Gasteiger charge is -2.03. The van der Waals surface area contributed by atoms with Gasteiger partial charge in [-0.25, -0.2) is 9.38 Å². The van der Waals surface area contributed by atoms with Gasteiger partial charge < -0.3 is 4.42 Å². The topological polar surface area (TPSA) is 49.3 Å². The zero-order valence-corrected chi connectivity index (χ0v) is 15.9. The summed E-state index contributed by atoms with van der Waals surface area (Å²) in [5.41, 5.74) is 2.70. The van der Waals surface area contributed by atoms with Crippen LogP contribution in [0.1, 0.15) is 11.1 Å². The molecule has 0 radical (unpaired) electrons. The number of furan rings is 1. The number of aliphatic imine (C=N–C) groups is 1. The first-order valence-corrected chi connectivity index (χ1v) is 9.22. The molecule has 0 aliphatic rings. The highest BCUT2D eigenvalue weighted by molar-refractivity contribution is 6.33. The minimum absolute atomic E-state index is 0.101. The van der Waals surface area contributed by atoms with Gasteiger partial charge in [0.2, 0.25) is 5.88 Å². The number of hydrogen-bond donors (Lipinski definition) is 0. The molecule has 5 heteroatoms. The van der Waals surface area contributed by atoms with E-state index in [9.17, 15) is 9.65 Å². The lowest BCUT2D eigenvalue weighted by Crippen LogP contribution is -1.89. The van der Waals surface area contributed by atoms with Gasteiger partial charge in [0.1, 0.15) is 23.2 Å². The highest BCUT2D eigenvalue weighted by Crippen LogP contribution is 2.42. The zero-order chi connectivity index (χ0) is 20.2. The van der Waals surface area contributed by atoms with Gasteiger partial charge in [0.25, 0.3) is 0 Å². The van der Waals surface area contributed by atoms with Crippen LogP contribution in [0, 0.1) is 17.1 Å². The van der Waals surface area contributed by atoms with Crippen molar-refractivity contribution in [2.75, 3.05) is 0 Å². The molecule has 4 rings (SSSR count). The summed E-state index contributed by atoms with van der Waals surface area (Å²) in [6.45, 7) is 0. The Kier molecular flexibility index (Phi) is 5.24. The molecule has 3 nitrogen and oxygen atoms in total. The molecule has 0 spiro atoms. The molecular formula is C24H14ClFN2O. The SMILES string of the molecule is N#Cc1c(N=Cc2c(F)cccc2Cl)oc(-c2ccccc2)c1-c1ccccc1. The molecule has 0 bridgehead atoms. The van der Waals surface area contributed by atoms with Crippen molar-refractivity contribution in [3.63, 3.8) is 0 Å². The molecule has 0 amide bonds. The van der Waals surface area contributed by atoms with Gasteiger partial charge in [-0.1, -0.05) is 78.3 Å². The number of nitriles is 1. The summed E-state index contributed by atoms with van der Waals surface area (Å²) in [4.78, 5) is 4.26. The maximum atomic E-state index is 14.1. The maximum absolute atomic E-state index is 14.1. The molecule has 0 fully saturated rings. The molecule has 4 aromatic rings. The van der Waals surface area contributed by atoms with Crippen LogP contribution in [0.15, 0.2) is 88.3 Å². The van der Waals surface area contributed by atoms with Crippen molar-refractivity contribution < 1.29 is 8.81 Å². The van der Waals surface area contributed by atoms with Gasteiger partial charge in [-0.2, -0.15) is 5.26 Å². The average molecular weight is 401 g/mol. The fraction of sp³-hybridized carbons (Fsp3) is 0. The molecule has 0 saturated heterocycles. The van der Waals surface area contributed by atoms with Gasteiger partial charge in [-0.3, -0.25) is 0 Å². The molecule has 3 aromatic carbocycles. The lowest BCUT2D eigenvalue weighted by atomic mass is 9.98. The zero-order valence-electron chi connectivity index (χ0n) is 15.1. The van der Waals surface area contributed by atoms with Crippen LogP contribution in [-0.4, -0.2) is 6.21 Å². The van der Waals surface area contributed by atoms with Crippen molar-refractivity contribution in [2.45, 2.75) is 0 Å². The van der Waals surface area contributed by atoms with Gasteiger partial charge >= 0.3 is 0 Å². The number of rotatable bonds is 4. The number of benzene rings is 3. The van der Waals surface area contributed by atoms with E-state index in [0.717, 1.165) is 11.1 Å². The van der Waals surface area contributed by atoms with E-state index in [1.807, 2.05) is 60.7 Å². The summed E-state index contributed by atoms with van der Waals surface area (Å²) >= 11 is 6.07. The van der Waals surface area contributed by atoms with Crippen LogP contribution in [-0.2, 0) is 0 Å². The lowest BCUT2D eigenvalue weighted by molar-refractivity contribution is 0.592. The van der Waals surface area contributed by atoms with Gasteiger partial charge in [-0.05, 0) is 17.7 Å². The fourth-order valence-electron chi connectivity index (χ4n) is 3.04. The van der Waals surface area contributed by atoms with Crippen molar-refractivity contribution in [2.24, 2.45) is 4.99 Å². The van der Waals surface area contributed by atoms with Crippen molar-refractivity contribution in [1.29, 1.82) is 5.26 Å². The van der Waals surface area contributed by atoms with E-state index < -0.39 is 5.82 Å². The van der Waals surface area contributed by atoms with Crippen LogP contribution < -0.4 is 0 Å². The first kappa shape index (κ1) is 18.7. The number of halogens is 2. The third kappa shape index (κ3) is 3.69. The van der Waals surface area contributed by atoms with Gasteiger partial charge in [0.15, 0.2) is 0 Å². The molecule has 0 saturated carbocycles. The van der Waals surface area contributed by atoms with Crippen LogP contribution in [0.2, 0.25) is 5.02 Å². The predicted molar refractivity (Wildman–Crippen MR) is 113 cm³/mol. The standard InChI is InChI=1S/C24H14ClFN2O/c25-20-12-7-13-21(26)19(20)15-28-24-18(14-27)22(16-8-3-1-4-9-16)23(29-24)17-10-5-2-6-11-17/h1-13,15H. The number of hydrogen-bond acceptors (Lipinski definition) is 3. The smallest absolute Gasteiger partial charge is 0.238 e. The van der Waals surface area contributed by atoms with Gasteiger partial charge in [0.05, 0.1) is 5.02 Å². The van der Waals surface area contributed by atoms with E-state index in [-0.39, 0.29) is 22.0 Å². The van der Waals surface area contributed by atoms with Crippen LogP contribution >= 0.6 is 11.6 Å². The minimum Gasteiger partial charge on any atom is -0.436 e. The second-order valence-electron chi connectivity index (χ2n) is 6.22. The monoisotopic (exact) mass is 400 g/mol. The van der Waals surface area contributed by atoms with E-state index in [2.05, 4.69) is 11.1 Å². The van der Waals surface area contributed by atoms with E-state index >= 15 is 0 Å². The van der Waals surface area contributed by atoms with Crippen molar-refractivity contribution in [1.82, 2.24) is 0 Å². The molecule has 1 aromatic heterocycles. The quantitative estimate of drug-likeness (QED) is 0.345. The van der Waals surface area contributed by atoms with E-state index in [1.165, 1.54) is 18.3 Å². The highest BCUT2D eigenvalue weighted by Gasteiger charge is 2.22. The van der Waals surface area contributed by atoms with Crippen LogP contribution in [0.3, 0.4) is 0 Å². The summed E-state index contributed by atoms with van der Waals surface area (Å²) in [5.74, 6) is 0.127. The second kappa shape index (κ2) is 8.14. The fourth-order valence-corrected chi connectivity index (χ4v) is 3.26. The Morgan fingerprint density at radius 1 is 0.897 bits per heavy atom. The molecule has 29 heavy (non-hydrogen) atoms. The molecule has 0 aliphatic carbocycles. The molecule has 0 aliphatic heterocycles. The Labute approximate surface area is 172 Å². The van der Waals surface area contributed by atoms with Crippen LogP contribution in [0.5, 0.6) is 0 Å². The van der Waals surface area contributed by atoms with Crippen molar-refractivity contribution in [3.8, 4) is 28.5 Å². The molecule has 1 heterocycles. The summed E-state index contributed by atoms with van der Waals surface area (Å²) < 4.78 is 20.1. The Balaban J connectivity index is 1.91. The summed E-state index contributed by atoms with van der Waals surface area (Å²) in [6.07, 6.45) is 1.28. The summed E-state index contributed by atoms with van der Waals surface area (Å²) in [7, 11) is 0. The third-order valence-electron chi connectivity index (χ3n) is 4.41. The second-order valence-corrected chi connectivity index (χ2v) is 6.63.